The zero-order valence-electron chi connectivity index (χ0n) is 22.7. The van der Waals surface area contributed by atoms with Crippen molar-refractivity contribution in [2.45, 2.75) is 142 Å². The third kappa shape index (κ3) is 19.4. The first-order valence-electron chi connectivity index (χ1n) is 14.2. The Labute approximate surface area is 214 Å². The van der Waals surface area contributed by atoms with Gasteiger partial charge < -0.3 is 12.4 Å². The molecule has 1 N–H and O–H groups in total. The maximum atomic E-state index is 3.88. The Kier molecular flexibility index (Phi) is 21.6. The first kappa shape index (κ1) is 32.4. The molecule has 0 saturated heterocycles. The molecule has 0 fully saturated rings. The van der Waals surface area contributed by atoms with Crippen molar-refractivity contribution >= 4 is 0 Å². The van der Waals surface area contributed by atoms with Gasteiger partial charge in [-0.2, -0.15) is 5.43 Å². The number of nitrogens with one attached hydrogen (secondary N) is 1. The van der Waals surface area contributed by atoms with Crippen LogP contribution in [0.15, 0.2) is 30.3 Å². The molecule has 1 atom stereocenters. The Morgan fingerprint density at radius 3 is 1.48 bits per heavy atom. The van der Waals surface area contributed by atoms with Crippen LogP contribution in [-0.4, -0.2) is 24.7 Å². The zero-order chi connectivity index (χ0) is 23.3. The van der Waals surface area contributed by atoms with Crippen molar-refractivity contribution in [2.24, 2.45) is 0 Å². The van der Waals surface area contributed by atoms with Crippen molar-refractivity contribution in [1.82, 2.24) is 5.43 Å². The van der Waals surface area contributed by atoms with Crippen molar-refractivity contribution < 1.29 is 17.0 Å². The summed E-state index contributed by atoms with van der Waals surface area (Å²) in [6.45, 7) is 5.66. The van der Waals surface area contributed by atoms with Gasteiger partial charge in [0.05, 0.1) is 20.1 Å². The van der Waals surface area contributed by atoms with E-state index in [1.807, 2.05) is 0 Å². The fraction of sp³-hybridized carbons (Fsp3) is 0.800. The third-order valence-corrected chi connectivity index (χ3v) is 6.85. The second-order valence-corrected chi connectivity index (χ2v) is 10.7. The molecule has 1 unspecified atom stereocenters. The predicted octanol–water partition coefficient (Wildman–Crippen LogP) is 6.20. The van der Waals surface area contributed by atoms with Crippen LogP contribution in [0.5, 0.6) is 0 Å². The van der Waals surface area contributed by atoms with Gasteiger partial charge in [-0.05, 0) is 12.8 Å². The van der Waals surface area contributed by atoms with Crippen molar-refractivity contribution in [1.29, 1.82) is 0 Å². The molecule has 0 radical (unpaired) electrons. The molecule has 194 valence electrons. The van der Waals surface area contributed by atoms with Crippen LogP contribution >= 0.6 is 0 Å². The highest BCUT2D eigenvalue weighted by atomic mass is 35.5. The molecule has 0 aliphatic heterocycles. The van der Waals surface area contributed by atoms with Gasteiger partial charge in [0.2, 0.25) is 0 Å². The lowest BCUT2D eigenvalue weighted by atomic mass is 10.0. The standard InChI is InChI=1S/C30H57N2.ClH/c1-5-7-8-9-10-11-12-13-14-15-16-17-18-19-20-24-27-30(6-2)31-32(3,4)28-29-25-22-21-23-26-29;/h21-23,25-26,30-31H,5-20,24,27-28H2,1-4H3;1H/q+1;/p-1. The highest BCUT2D eigenvalue weighted by Gasteiger charge is 2.20. The van der Waals surface area contributed by atoms with Crippen LogP contribution in [0.25, 0.3) is 0 Å². The average Bonchev–Trinajstić information content (AvgIpc) is 2.78. The van der Waals surface area contributed by atoms with Gasteiger partial charge in [-0.25, -0.2) is 4.59 Å². The number of benzene rings is 1. The lowest BCUT2D eigenvalue weighted by molar-refractivity contribution is -0.949. The van der Waals surface area contributed by atoms with Crippen LogP contribution in [0, 0.1) is 0 Å². The maximum Gasteiger partial charge on any atom is 0.121 e. The molecule has 0 saturated carbocycles. The van der Waals surface area contributed by atoms with E-state index < -0.39 is 0 Å². The number of hydrogen-bond donors (Lipinski definition) is 1. The van der Waals surface area contributed by atoms with Crippen molar-refractivity contribution in [3.8, 4) is 0 Å². The van der Waals surface area contributed by atoms with Crippen LogP contribution in [0.2, 0.25) is 0 Å². The van der Waals surface area contributed by atoms with Gasteiger partial charge in [0.15, 0.2) is 0 Å². The fourth-order valence-electron chi connectivity index (χ4n) is 4.88. The number of rotatable bonds is 22. The Balaban J connectivity index is 0.0000102. The minimum Gasteiger partial charge on any atom is -1.00 e. The SMILES string of the molecule is CCCCCCCCCCCCCCCCCCC(CC)N[N+](C)(C)Cc1ccccc1.[Cl-]. The molecule has 0 aromatic heterocycles. The molecule has 2 nitrogen and oxygen atoms in total. The van der Waals surface area contributed by atoms with Crippen LogP contribution in [-0.2, 0) is 6.54 Å². The van der Waals surface area contributed by atoms with Crippen molar-refractivity contribution in [3.05, 3.63) is 35.9 Å². The van der Waals surface area contributed by atoms with E-state index in [2.05, 4.69) is 63.7 Å². The lowest BCUT2D eigenvalue weighted by Crippen LogP contribution is -3.00. The number of nitrogens with zero attached hydrogens (tertiary/aromatic N) is 1. The van der Waals surface area contributed by atoms with Gasteiger partial charge in [0.1, 0.15) is 6.54 Å². The van der Waals surface area contributed by atoms with Gasteiger partial charge in [-0.3, -0.25) is 0 Å². The summed E-state index contributed by atoms with van der Waals surface area (Å²) in [6, 6.07) is 11.5. The predicted molar refractivity (Wildman–Crippen MR) is 144 cm³/mol. The zero-order valence-corrected chi connectivity index (χ0v) is 23.5. The normalized spacial score (nSPS) is 12.5. The Morgan fingerprint density at radius 2 is 1.06 bits per heavy atom. The monoisotopic (exact) mass is 480 g/mol. The first-order valence-corrected chi connectivity index (χ1v) is 14.2. The summed E-state index contributed by atoms with van der Waals surface area (Å²) < 4.78 is 0.862. The van der Waals surface area contributed by atoms with Gasteiger partial charge >= 0.3 is 0 Å². The van der Waals surface area contributed by atoms with E-state index in [-0.39, 0.29) is 12.4 Å². The van der Waals surface area contributed by atoms with E-state index >= 15 is 0 Å². The molecule has 1 aromatic carbocycles. The molecule has 1 aromatic rings. The fourth-order valence-corrected chi connectivity index (χ4v) is 4.88. The van der Waals surface area contributed by atoms with Gasteiger partial charge in [-0.15, -0.1) is 0 Å². The van der Waals surface area contributed by atoms with Crippen molar-refractivity contribution in [2.75, 3.05) is 14.1 Å². The Hall–Kier alpha value is -0.570. The van der Waals surface area contributed by atoms with Gasteiger partial charge in [0.25, 0.3) is 0 Å². The Morgan fingerprint density at radius 1 is 0.636 bits per heavy atom. The van der Waals surface area contributed by atoms with E-state index in [4.69, 9.17) is 0 Å². The van der Waals surface area contributed by atoms with Gasteiger partial charge in [0, 0.05) is 5.56 Å². The quantitative estimate of drug-likeness (QED) is 0.118. The molecular formula is C30H57ClN2. The summed E-state index contributed by atoms with van der Waals surface area (Å²) in [5.41, 5.74) is 5.29. The average molecular weight is 481 g/mol. The summed E-state index contributed by atoms with van der Waals surface area (Å²) >= 11 is 0. The number of hydrogen-bond acceptors (Lipinski definition) is 1. The summed E-state index contributed by atoms with van der Waals surface area (Å²) in [4.78, 5) is 0. The molecule has 0 aliphatic carbocycles. The molecule has 0 aliphatic rings. The maximum absolute atomic E-state index is 3.88. The van der Waals surface area contributed by atoms with Crippen LogP contribution < -0.4 is 17.8 Å². The molecule has 0 spiro atoms. The molecule has 0 heterocycles. The van der Waals surface area contributed by atoms with E-state index in [1.165, 1.54) is 121 Å². The largest absolute Gasteiger partial charge is 1.00 e. The third-order valence-electron chi connectivity index (χ3n) is 6.85. The molecule has 0 bridgehead atoms. The van der Waals surface area contributed by atoms with Gasteiger partial charge in [-0.1, -0.05) is 147 Å². The molecule has 3 heteroatoms. The number of halogens is 1. The van der Waals surface area contributed by atoms with E-state index in [0.29, 0.717) is 6.04 Å². The smallest absolute Gasteiger partial charge is 0.121 e. The molecular weight excluding hydrogens is 424 g/mol. The van der Waals surface area contributed by atoms with E-state index in [1.54, 1.807) is 0 Å². The van der Waals surface area contributed by atoms with Crippen LogP contribution in [0.3, 0.4) is 0 Å². The number of unbranched alkanes of at least 4 members (excludes halogenated alkanes) is 15. The second-order valence-electron chi connectivity index (χ2n) is 10.7. The highest BCUT2D eigenvalue weighted by Crippen LogP contribution is 2.16. The minimum atomic E-state index is 0. The van der Waals surface area contributed by atoms with Crippen molar-refractivity contribution in [3.63, 3.8) is 0 Å². The summed E-state index contributed by atoms with van der Waals surface area (Å²) in [5, 5.41) is 0. The van der Waals surface area contributed by atoms with E-state index in [9.17, 15) is 0 Å². The number of quaternary nitrogens is 1. The minimum absolute atomic E-state index is 0. The Bertz CT molecular complexity index is 517. The van der Waals surface area contributed by atoms with Crippen LogP contribution in [0.1, 0.15) is 135 Å². The topological polar surface area (TPSA) is 12.0 Å². The first-order chi connectivity index (χ1) is 15.6. The molecule has 1 rings (SSSR count). The summed E-state index contributed by atoms with van der Waals surface area (Å²) in [7, 11) is 4.59. The highest BCUT2D eigenvalue weighted by molar-refractivity contribution is 5.13. The lowest BCUT2D eigenvalue weighted by Gasteiger charge is -2.33. The summed E-state index contributed by atoms with van der Waals surface area (Å²) in [5.74, 6) is 0. The van der Waals surface area contributed by atoms with Crippen LogP contribution in [0.4, 0.5) is 0 Å². The van der Waals surface area contributed by atoms with E-state index in [0.717, 1.165) is 11.1 Å². The summed E-state index contributed by atoms with van der Waals surface area (Å²) in [6.07, 6.45) is 25.6. The molecule has 0 amide bonds. The second kappa shape index (κ2) is 21.9. The molecule has 33 heavy (non-hydrogen) atoms.